The maximum absolute atomic E-state index is 13.9. The van der Waals surface area contributed by atoms with Crippen LogP contribution in [0.5, 0.6) is 0 Å². The number of hydrogen-bond donors (Lipinski definition) is 1. The van der Waals surface area contributed by atoms with Crippen LogP contribution in [-0.4, -0.2) is 47.7 Å². The summed E-state index contributed by atoms with van der Waals surface area (Å²) in [4.78, 5) is 25.2. The minimum atomic E-state index is -0.974. The van der Waals surface area contributed by atoms with Crippen molar-refractivity contribution in [3.63, 3.8) is 0 Å². The fourth-order valence-electron chi connectivity index (χ4n) is 3.53. The Morgan fingerprint density at radius 3 is 2.75 bits per heavy atom. The van der Waals surface area contributed by atoms with Gasteiger partial charge in [-0.05, 0) is 42.5 Å². The highest BCUT2D eigenvalue weighted by Crippen LogP contribution is 2.50. The second kappa shape index (κ2) is 6.47. The van der Waals surface area contributed by atoms with Crippen molar-refractivity contribution in [3.05, 3.63) is 35.4 Å². The highest BCUT2D eigenvalue weighted by molar-refractivity contribution is 5.84. The Kier molecular flexibility index (Phi) is 4.54. The van der Waals surface area contributed by atoms with Gasteiger partial charge in [-0.15, -0.1) is 0 Å². The number of ether oxygens (including phenoxy) is 1. The zero-order valence-corrected chi connectivity index (χ0v) is 13.2. The number of benzene rings is 1. The Morgan fingerprint density at radius 2 is 2.08 bits per heavy atom. The van der Waals surface area contributed by atoms with Crippen molar-refractivity contribution in [3.8, 4) is 0 Å². The van der Waals surface area contributed by atoms with E-state index in [4.69, 9.17) is 9.84 Å². The smallest absolute Gasteiger partial charge is 0.305 e. The van der Waals surface area contributed by atoms with Crippen LogP contribution in [0.25, 0.3) is 0 Å². The number of hydrogen-bond acceptors (Lipinski definition) is 3. The Bertz CT molecular complexity index is 666. The molecule has 3 rings (SSSR count). The van der Waals surface area contributed by atoms with E-state index in [1.54, 1.807) is 0 Å². The molecule has 1 N–H and O–H groups in total. The highest BCUT2D eigenvalue weighted by Gasteiger charge is 2.50. The maximum Gasteiger partial charge on any atom is 0.305 e. The van der Waals surface area contributed by atoms with E-state index >= 15 is 0 Å². The molecule has 1 aromatic rings. The molecule has 1 heterocycles. The second-order valence-corrected chi connectivity index (χ2v) is 6.45. The molecule has 1 aliphatic carbocycles. The summed E-state index contributed by atoms with van der Waals surface area (Å²) in [5.41, 5.74) is 0.214. The maximum atomic E-state index is 13.9. The van der Waals surface area contributed by atoms with Crippen LogP contribution in [0.15, 0.2) is 18.2 Å². The predicted octanol–water partition coefficient (Wildman–Crippen LogP) is 2.16. The summed E-state index contributed by atoms with van der Waals surface area (Å²) in [7, 11) is 1.53. The number of carboxylic acid groups (broad SMARTS) is 1. The number of likely N-dealkylation sites (tertiary alicyclic amines) is 1. The zero-order valence-electron chi connectivity index (χ0n) is 13.2. The molecule has 0 aromatic heterocycles. The number of aliphatic carboxylic acids is 1. The number of halogens is 2. The van der Waals surface area contributed by atoms with Crippen molar-refractivity contribution in [2.45, 2.75) is 37.3 Å². The van der Waals surface area contributed by atoms with Gasteiger partial charge in [0.15, 0.2) is 0 Å². The van der Waals surface area contributed by atoms with Crippen LogP contribution in [0.4, 0.5) is 8.78 Å². The predicted molar refractivity (Wildman–Crippen MR) is 80.4 cm³/mol. The van der Waals surface area contributed by atoms with Crippen LogP contribution in [0.2, 0.25) is 0 Å². The topological polar surface area (TPSA) is 66.8 Å². The molecule has 2 fully saturated rings. The van der Waals surface area contributed by atoms with E-state index in [9.17, 15) is 18.4 Å². The lowest BCUT2D eigenvalue weighted by Gasteiger charge is -2.23. The molecule has 1 saturated heterocycles. The molecule has 130 valence electrons. The lowest BCUT2D eigenvalue weighted by molar-refractivity contribution is -0.140. The molecule has 0 bridgehead atoms. The molecule has 24 heavy (non-hydrogen) atoms. The van der Waals surface area contributed by atoms with E-state index in [2.05, 4.69) is 0 Å². The van der Waals surface area contributed by atoms with Crippen molar-refractivity contribution in [2.24, 2.45) is 5.92 Å². The van der Waals surface area contributed by atoms with Crippen molar-refractivity contribution in [1.29, 1.82) is 0 Å². The third-order valence-corrected chi connectivity index (χ3v) is 4.87. The van der Waals surface area contributed by atoms with Gasteiger partial charge in [0.05, 0.1) is 12.5 Å². The van der Waals surface area contributed by atoms with Crippen molar-refractivity contribution in [1.82, 2.24) is 4.90 Å². The van der Waals surface area contributed by atoms with Crippen molar-refractivity contribution >= 4 is 11.9 Å². The average Bonchev–Trinajstić information content (AvgIpc) is 3.22. The van der Waals surface area contributed by atoms with E-state index in [1.807, 2.05) is 0 Å². The summed E-state index contributed by atoms with van der Waals surface area (Å²) in [6.45, 7) is 0.335. The van der Waals surface area contributed by atoms with Crippen LogP contribution in [0.1, 0.15) is 30.7 Å². The van der Waals surface area contributed by atoms with E-state index in [0.717, 1.165) is 18.2 Å². The second-order valence-electron chi connectivity index (χ2n) is 6.45. The average molecular weight is 339 g/mol. The number of carbonyl (C=O) groups excluding carboxylic acids is 1. The van der Waals surface area contributed by atoms with E-state index in [-0.39, 0.29) is 29.9 Å². The van der Waals surface area contributed by atoms with Crippen LogP contribution in [-0.2, 0) is 14.3 Å². The van der Waals surface area contributed by atoms with Gasteiger partial charge in [-0.1, -0.05) is 0 Å². The molecule has 2 aliphatic rings. The number of rotatable bonds is 5. The molecule has 1 aromatic carbocycles. The lowest BCUT2D eigenvalue weighted by Crippen LogP contribution is -2.38. The van der Waals surface area contributed by atoms with Gasteiger partial charge < -0.3 is 14.7 Å². The minimum Gasteiger partial charge on any atom is -0.481 e. The van der Waals surface area contributed by atoms with Crippen LogP contribution >= 0.6 is 0 Å². The number of carboxylic acids is 1. The van der Waals surface area contributed by atoms with Gasteiger partial charge in [-0.2, -0.15) is 0 Å². The summed E-state index contributed by atoms with van der Waals surface area (Å²) in [6.07, 6.45) is 0.589. The zero-order chi connectivity index (χ0) is 17.4. The van der Waals surface area contributed by atoms with Gasteiger partial charge in [0, 0.05) is 25.6 Å². The summed E-state index contributed by atoms with van der Waals surface area (Å²) in [5.74, 6) is -3.00. The molecule has 4 atom stereocenters. The monoisotopic (exact) mass is 339 g/mol. The lowest BCUT2D eigenvalue weighted by atomic mass is 10.1. The Morgan fingerprint density at radius 1 is 1.33 bits per heavy atom. The fourth-order valence-corrected chi connectivity index (χ4v) is 3.53. The largest absolute Gasteiger partial charge is 0.481 e. The van der Waals surface area contributed by atoms with Gasteiger partial charge in [-0.25, -0.2) is 8.78 Å². The number of carbonyl (C=O) groups is 2. The normalized spacial score (nSPS) is 28.9. The minimum absolute atomic E-state index is 0.142. The third-order valence-electron chi connectivity index (χ3n) is 4.87. The molecule has 4 unspecified atom stereocenters. The number of amides is 1. The molecular formula is C17H19F2NO4. The SMILES string of the molecule is COC1CC(CC(=O)O)N(C(=O)C2CC2c2cc(F)ccc2F)C1. The first-order valence-corrected chi connectivity index (χ1v) is 7.90. The first-order valence-electron chi connectivity index (χ1n) is 7.90. The van der Waals surface area contributed by atoms with Gasteiger partial charge >= 0.3 is 5.97 Å². The fraction of sp³-hybridized carbons (Fsp3) is 0.529. The molecule has 5 nitrogen and oxygen atoms in total. The summed E-state index contributed by atoms with van der Waals surface area (Å²) < 4.78 is 32.4. The van der Waals surface area contributed by atoms with E-state index < -0.39 is 29.6 Å². The van der Waals surface area contributed by atoms with Gasteiger partial charge in [-0.3, -0.25) is 9.59 Å². The molecule has 1 amide bonds. The van der Waals surface area contributed by atoms with E-state index in [0.29, 0.717) is 19.4 Å². The van der Waals surface area contributed by atoms with Crippen molar-refractivity contribution in [2.75, 3.05) is 13.7 Å². The summed E-state index contributed by atoms with van der Waals surface area (Å²) in [5, 5.41) is 9.01. The first kappa shape index (κ1) is 16.8. The third kappa shape index (κ3) is 3.26. The first-order chi connectivity index (χ1) is 11.4. The Hall–Kier alpha value is -2.02. The molecule has 1 saturated carbocycles. The van der Waals surface area contributed by atoms with Gasteiger partial charge in [0.2, 0.25) is 5.91 Å². The Labute approximate surface area is 138 Å². The highest BCUT2D eigenvalue weighted by atomic mass is 19.1. The molecular weight excluding hydrogens is 320 g/mol. The Balaban J connectivity index is 1.72. The molecule has 1 aliphatic heterocycles. The van der Waals surface area contributed by atoms with Crippen LogP contribution < -0.4 is 0 Å². The van der Waals surface area contributed by atoms with Crippen LogP contribution in [0.3, 0.4) is 0 Å². The van der Waals surface area contributed by atoms with E-state index in [1.165, 1.54) is 12.0 Å². The molecule has 7 heteroatoms. The standard InChI is InChI=1S/C17H19F2NO4/c1-24-11-5-10(6-16(21)22)20(8-11)17(23)14-7-12(14)13-4-9(18)2-3-15(13)19/h2-4,10-12,14H,5-8H2,1H3,(H,21,22). The summed E-state index contributed by atoms with van der Waals surface area (Å²) in [6, 6.07) is 2.82. The number of methoxy groups -OCH3 is 1. The molecule has 0 radical (unpaired) electrons. The number of nitrogens with zero attached hydrogens (tertiary/aromatic N) is 1. The van der Waals surface area contributed by atoms with Gasteiger partial charge in [0.25, 0.3) is 0 Å². The molecule has 0 spiro atoms. The summed E-state index contributed by atoms with van der Waals surface area (Å²) >= 11 is 0. The van der Waals surface area contributed by atoms with Crippen molar-refractivity contribution < 1.29 is 28.2 Å². The quantitative estimate of drug-likeness (QED) is 0.893. The van der Waals surface area contributed by atoms with Crippen LogP contribution in [0, 0.1) is 17.6 Å². The van der Waals surface area contributed by atoms with Gasteiger partial charge in [0.1, 0.15) is 11.6 Å².